The Balaban J connectivity index is 2.12. The summed E-state index contributed by atoms with van der Waals surface area (Å²) >= 11 is 4.44. The lowest BCUT2D eigenvalue weighted by atomic mass is 10.1. The van der Waals surface area contributed by atoms with E-state index in [1.165, 1.54) is 11.3 Å². The Hall–Kier alpha value is 0.0500. The molecule has 0 amide bonds. The first-order valence-corrected chi connectivity index (χ1v) is 8.51. The van der Waals surface area contributed by atoms with Gasteiger partial charge in [0, 0.05) is 12.6 Å². The maximum atomic E-state index is 12.1. The average molecular weight is 340 g/mol. The summed E-state index contributed by atoms with van der Waals surface area (Å²) in [4.78, 5) is 0. The van der Waals surface area contributed by atoms with Crippen LogP contribution in [0.2, 0.25) is 0 Å². The summed E-state index contributed by atoms with van der Waals surface area (Å²) in [6, 6.07) is 3.17. The van der Waals surface area contributed by atoms with Crippen LogP contribution in [0.4, 0.5) is 0 Å². The molecule has 4 nitrogen and oxygen atoms in total. The second kappa shape index (κ2) is 5.36. The maximum Gasteiger partial charge on any atom is 0.250 e. The number of rotatable bonds is 4. The molecule has 0 saturated heterocycles. The summed E-state index contributed by atoms with van der Waals surface area (Å²) in [6.07, 6.45) is 2.65. The molecule has 1 fully saturated rings. The number of aliphatic hydroxyl groups excluding tert-OH is 1. The molecule has 0 spiro atoms. The second-order valence-corrected chi connectivity index (χ2v) is 8.56. The van der Waals surface area contributed by atoms with Crippen LogP contribution in [0.1, 0.15) is 19.3 Å². The molecule has 2 unspecified atom stereocenters. The molecule has 1 aromatic heterocycles. The molecule has 0 aliphatic heterocycles. The van der Waals surface area contributed by atoms with Crippen molar-refractivity contribution in [2.45, 2.75) is 29.5 Å². The van der Waals surface area contributed by atoms with Gasteiger partial charge in [-0.15, -0.1) is 11.3 Å². The van der Waals surface area contributed by atoms with Crippen LogP contribution in [0.3, 0.4) is 0 Å². The molecular weight excluding hydrogens is 326 g/mol. The SMILES string of the molecule is O=S(=O)(NC1CCCC1CO)c1ccc(Br)s1. The van der Waals surface area contributed by atoms with Gasteiger partial charge in [-0.2, -0.15) is 0 Å². The van der Waals surface area contributed by atoms with Gasteiger partial charge in [0.05, 0.1) is 3.79 Å². The van der Waals surface area contributed by atoms with Crippen molar-refractivity contribution in [1.82, 2.24) is 4.72 Å². The average Bonchev–Trinajstić information content (AvgIpc) is 2.86. The van der Waals surface area contributed by atoms with E-state index in [0.717, 1.165) is 23.0 Å². The quantitative estimate of drug-likeness (QED) is 0.880. The minimum atomic E-state index is -3.44. The van der Waals surface area contributed by atoms with Gasteiger partial charge >= 0.3 is 0 Å². The van der Waals surface area contributed by atoms with Crippen molar-refractivity contribution in [3.63, 3.8) is 0 Å². The lowest BCUT2D eigenvalue weighted by Crippen LogP contribution is -2.38. The summed E-state index contributed by atoms with van der Waals surface area (Å²) in [6.45, 7) is 0.0430. The monoisotopic (exact) mass is 339 g/mol. The van der Waals surface area contributed by atoms with Gasteiger partial charge in [-0.3, -0.25) is 0 Å². The van der Waals surface area contributed by atoms with Gasteiger partial charge < -0.3 is 5.11 Å². The number of hydrogen-bond donors (Lipinski definition) is 2. The molecule has 1 aliphatic rings. The van der Waals surface area contributed by atoms with Gasteiger partial charge in [0.15, 0.2) is 0 Å². The highest BCUT2D eigenvalue weighted by Crippen LogP contribution is 2.29. The van der Waals surface area contributed by atoms with E-state index in [-0.39, 0.29) is 18.6 Å². The Morgan fingerprint density at radius 1 is 1.47 bits per heavy atom. The molecule has 1 aliphatic carbocycles. The van der Waals surface area contributed by atoms with E-state index in [1.807, 2.05) is 0 Å². The molecule has 17 heavy (non-hydrogen) atoms. The first-order valence-electron chi connectivity index (χ1n) is 5.41. The molecule has 2 N–H and O–H groups in total. The van der Waals surface area contributed by atoms with Gasteiger partial charge in [-0.05, 0) is 46.8 Å². The van der Waals surface area contributed by atoms with Crippen LogP contribution in [0.15, 0.2) is 20.1 Å². The Labute approximate surface area is 113 Å². The van der Waals surface area contributed by atoms with Gasteiger partial charge in [-0.1, -0.05) is 6.42 Å². The van der Waals surface area contributed by atoms with Gasteiger partial charge in [0.1, 0.15) is 4.21 Å². The standard InChI is InChI=1S/C10H14BrNO3S2/c11-9-4-5-10(16-9)17(14,15)12-8-3-1-2-7(8)6-13/h4-5,7-8,12-13H,1-3,6H2. The zero-order valence-corrected chi connectivity index (χ0v) is 12.3. The fourth-order valence-electron chi connectivity index (χ4n) is 2.11. The van der Waals surface area contributed by atoms with Crippen molar-refractivity contribution in [2.75, 3.05) is 6.61 Å². The van der Waals surface area contributed by atoms with Crippen molar-refractivity contribution in [3.05, 3.63) is 15.9 Å². The van der Waals surface area contributed by atoms with E-state index in [9.17, 15) is 8.42 Å². The van der Waals surface area contributed by atoms with Crippen molar-refractivity contribution in [2.24, 2.45) is 5.92 Å². The highest BCUT2D eigenvalue weighted by Gasteiger charge is 2.31. The summed E-state index contributed by atoms with van der Waals surface area (Å²) in [7, 11) is -3.44. The van der Waals surface area contributed by atoms with Crippen LogP contribution in [-0.2, 0) is 10.0 Å². The first kappa shape index (κ1) is 13.5. The van der Waals surface area contributed by atoms with E-state index in [2.05, 4.69) is 20.7 Å². The maximum absolute atomic E-state index is 12.1. The molecule has 0 radical (unpaired) electrons. The Bertz CT molecular complexity index is 485. The van der Waals surface area contributed by atoms with Gasteiger partial charge in [-0.25, -0.2) is 13.1 Å². The predicted molar refractivity (Wildman–Crippen MR) is 70.6 cm³/mol. The third-order valence-electron chi connectivity index (χ3n) is 3.01. The van der Waals surface area contributed by atoms with Crippen molar-refractivity contribution in [3.8, 4) is 0 Å². The zero-order chi connectivity index (χ0) is 12.5. The van der Waals surface area contributed by atoms with Gasteiger partial charge in [0.25, 0.3) is 0 Å². The lowest BCUT2D eigenvalue weighted by Gasteiger charge is -2.18. The summed E-state index contributed by atoms with van der Waals surface area (Å²) < 4.78 is 27.9. The van der Waals surface area contributed by atoms with Crippen molar-refractivity contribution in [1.29, 1.82) is 0 Å². The number of halogens is 1. The number of hydrogen-bond acceptors (Lipinski definition) is 4. The fourth-order valence-corrected chi connectivity index (χ4v) is 5.48. The molecule has 96 valence electrons. The third kappa shape index (κ3) is 3.08. The molecular formula is C10H14BrNO3S2. The van der Waals surface area contributed by atoms with Crippen LogP contribution in [0.5, 0.6) is 0 Å². The minimum Gasteiger partial charge on any atom is -0.396 e. The van der Waals surface area contributed by atoms with E-state index in [0.29, 0.717) is 4.21 Å². The Morgan fingerprint density at radius 2 is 2.24 bits per heavy atom. The van der Waals surface area contributed by atoms with E-state index >= 15 is 0 Å². The van der Waals surface area contributed by atoms with Crippen LogP contribution < -0.4 is 4.72 Å². The molecule has 7 heteroatoms. The molecule has 1 heterocycles. The van der Waals surface area contributed by atoms with E-state index < -0.39 is 10.0 Å². The van der Waals surface area contributed by atoms with E-state index in [4.69, 9.17) is 5.11 Å². The van der Waals surface area contributed by atoms with E-state index in [1.54, 1.807) is 12.1 Å². The first-order chi connectivity index (χ1) is 8.03. The van der Waals surface area contributed by atoms with Gasteiger partial charge in [0.2, 0.25) is 10.0 Å². The number of nitrogens with one attached hydrogen (secondary N) is 1. The Morgan fingerprint density at radius 3 is 2.82 bits per heavy atom. The lowest BCUT2D eigenvalue weighted by molar-refractivity contribution is 0.213. The summed E-state index contributed by atoms with van der Waals surface area (Å²) in [5.74, 6) is 0.0492. The minimum absolute atomic E-state index is 0.0430. The van der Waals surface area contributed by atoms with Crippen molar-refractivity contribution >= 4 is 37.3 Å². The van der Waals surface area contributed by atoms with Crippen LogP contribution in [0.25, 0.3) is 0 Å². The van der Waals surface area contributed by atoms with Crippen LogP contribution in [0, 0.1) is 5.92 Å². The van der Waals surface area contributed by atoms with Crippen molar-refractivity contribution < 1.29 is 13.5 Å². The largest absolute Gasteiger partial charge is 0.396 e. The smallest absolute Gasteiger partial charge is 0.250 e. The zero-order valence-electron chi connectivity index (χ0n) is 9.10. The highest BCUT2D eigenvalue weighted by atomic mass is 79.9. The number of sulfonamides is 1. The Kier molecular flexibility index (Phi) is 4.25. The second-order valence-electron chi connectivity index (χ2n) is 4.16. The molecule has 1 aromatic rings. The predicted octanol–water partition coefficient (Wildman–Crippen LogP) is 1.95. The normalized spacial score (nSPS) is 25.3. The van der Waals surface area contributed by atoms with Crippen LogP contribution >= 0.6 is 27.3 Å². The third-order valence-corrected chi connectivity index (χ3v) is 6.62. The summed E-state index contributed by atoms with van der Waals surface area (Å²) in [5, 5.41) is 9.17. The van der Waals surface area contributed by atoms with Crippen LogP contribution in [-0.4, -0.2) is 26.2 Å². The molecule has 1 saturated carbocycles. The molecule has 2 atom stereocenters. The molecule has 2 rings (SSSR count). The summed E-state index contributed by atoms with van der Waals surface area (Å²) in [5.41, 5.74) is 0. The number of aliphatic hydroxyl groups is 1. The molecule has 0 aromatic carbocycles. The number of thiophene rings is 1. The molecule has 0 bridgehead atoms. The fraction of sp³-hybridized carbons (Fsp3) is 0.600. The topological polar surface area (TPSA) is 66.4 Å². The highest BCUT2D eigenvalue weighted by molar-refractivity contribution is 9.11.